The number of ether oxygens (including phenoxy) is 1. The Bertz CT molecular complexity index is 357. The third-order valence-corrected chi connectivity index (χ3v) is 2.81. The summed E-state index contributed by atoms with van der Waals surface area (Å²) in [7, 11) is 1.40. The number of methoxy groups -OCH3 is 1. The number of carbonyl (C=O) groups is 1. The summed E-state index contributed by atoms with van der Waals surface area (Å²) < 4.78 is 4.65. The van der Waals surface area contributed by atoms with Gasteiger partial charge in [-0.05, 0) is 24.0 Å². The van der Waals surface area contributed by atoms with Crippen LogP contribution >= 0.6 is 0 Å². The van der Waals surface area contributed by atoms with E-state index in [0.717, 1.165) is 0 Å². The van der Waals surface area contributed by atoms with E-state index in [2.05, 4.69) is 48.2 Å². The van der Waals surface area contributed by atoms with E-state index in [1.165, 1.54) is 18.2 Å². The van der Waals surface area contributed by atoms with Gasteiger partial charge in [0.05, 0.1) is 7.11 Å². The van der Waals surface area contributed by atoms with Gasteiger partial charge in [-0.1, -0.05) is 38.1 Å². The average molecular weight is 235 g/mol. The lowest BCUT2D eigenvalue weighted by atomic mass is 10.0. The molecular weight excluding hydrogens is 214 g/mol. The highest BCUT2D eigenvalue weighted by Gasteiger charge is 2.11. The van der Waals surface area contributed by atoms with Crippen molar-refractivity contribution in [1.82, 2.24) is 5.32 Å². The molecule has 0 aliphatic heterocycles. The molecule has 0 saturated carbocycles. The molecule has 94 valence electrons. The van der Waals surface area contributed by atoms with Crippen LogP contribution in [0.1, 0.15) is 37.8 Å². The zero-order valence-electron chi connectivity index (χ0n) is 11.0. The smallest absolute Gasteiger partial charge is 0.322 e. The Kier molecular flexibility index (Phi) is 5.16. The van der Waals surface area contributed by atoms with Crippen molar-refractivity contribution in [2.75, 3.05) is 7.11 Å². The standard InChI is InChI=1S/C14H21NO2/c1-10(2)13-7-5-12(6-8-13)9-15-11(3)14(16)17-4/h5-8,10-11,15H,9H2,1-4H3. The summed E-state index contributed by atoms with van der Waals surface area (Å²) >= 11 is 0. The van der Waals surface area contributed by atoms with E-state index in [9.17, 15) is 4.79 Å². The molecule has 3 heteroatoms. The summed E-state index contributed by atoms with van der Waals surface area (Å²) in [6, 6.07) is 8.16. The predicted molar refractivity (Wildman–Crippen MR) is 68.8 cm³/mol. The highest BCUT2D eigenvalue weighted by molar-refractivity contribution is 5.75. The number of hydrogen-bond acceptors (Lipinski definition) is 3. The minimum absolute atomic E-state index is 0.233. The van der Waals surface area contributed by atoms with Crippen molar-refractivity contribution in [2.24, 2.45) is 0 Å². The van der Waals surface area contributed by atoms with Gasteiger partial charge in [0.2, 0.25) is 0 Å². The van der Waals surface area contributed by atoms with E-state index in [0.29, 0.717) is 12.5 Å². The molecule has 0 bridgehead atoms. The molecule has 3 nitrogen and oxygen atoms in total. The Hall–Kier alpha value is -1.35. The maximum Gasteiger partial charge on any atom is 0.322 e. The largest absolute Gasteiger partial charge is 0.468 e. The lowest BCUT2D eigenvalue weighted by molar-refractivity contribution is -0.142. The number of benzene rings is 1. The van der Waals surface area contributed by atoms with Crippen LogP contribution in [0.4, 0.5) is 0 Å². The normalized spacial score (nSPS) is 12.5. The summed E-state index contributed by atoms with van der Waals surface area (Å²) in [5.41, 5.74) is 2.50. The molecule has 0 saturated heterocycles. The molecular formula is C14H21NO2. The molecule has 0 heterocycles. The molecule has 0 aromatic heterocycles. The first-order chi connectivity index (χ1) is 8.04. The van der Waals surface area contributed by atoms with E-state index >= 15 is 0 Å². The second-order valence-corrected chi connectivity index (χ2v) is 4.52. The Labute approximate surface area is 103 Å². The molecule has 1 rings (SSSR count). The molecule has 0 fully saturated rings. The molecule has 17 heavy (non-hydrogen) atoms. The predicted octanol–water partition coefficient (Wildman–Crippen LogP) is 2.46. The summed E-state index contributed by atoms with van der Waals surface area (Å²) in [6.07, 6.45) is 0. The van der Waals surface area contributed by atoms with E-state index in [1.54, 1.807) is 6.92 Å². The molecule has 1 aromatic carbocycles. The van der Waals surface area contributed by atoms with Gasteiger partial charge in [0.25, 0.3) is 0 Å². The van der Waals surface area contributed by atoms with Crippen LogP contribution in [0, 0.1) is 0 Å². The fourth-order valence-electron chi connectivity index (χ4n) is 1.55. The maximum atomic E-state index is 11.2. The van der Waals surface area contributed by atoms with Crippen LogP contribution in [0.15, 0.2) is 24.3 Å². The summed E-state index contributed by atoms with van der Waals surface area (Å²) in [6.45, 7) is 6.82. The van der Waals surface area contributed by atoms with Crippen LogP contribution in [0.25, 0.3) is 0 Å². The van der Waals surface area contributed by atoms with Crippen molar-refractivity contribution < 1.29 is 9.53 Å². The van der Waals surface area contributed by atoms with E-state index in [-0.39, 0.29) is 12.0 Å². The highest BCUT2D eigenvalue weighted by atomic mass is 16.5. The second-order valence-electron chi connectivity index (χ2n) is 4.52. The monoisotopic (exact) mass is 235 g/mol. The molecule has 0 aliphatic rings. The fraction of sp³-hybridized carbons (Fsp3) is 0.500. The Morgan fingerprint density at radius 1 is 1.24 bits per heavy atom. The fourth-order valence-corrected chi connectivity index (χ4v) is 1.55. The zero-order chi connectivity index (χ0) is 12.8. The molecule has 0 spiro atoms. The SMILES string of the molecule is COC(=O)C(C)NCc1ccc(C(C)C)cc1. The van der Waals surface area contributed by atoms with Crippen LogP contribution in [0.3, 0.4) is 0 Å². The van der Waals surface area contributed by atoms with Crippen LogP contribution in [-0.2, 0) is 16.1 Å². The van der Waals surface area contributed by atoms with Gasteiger partial charge in [0.1, 0.15) is 6.04 Å². The lowest BCUT2D eigenvalue weighted by Crippen LogP contribution is -2.34. The number of hydrogen-bond donors (Lipinski definition) is 1. The number of rotatable bonds is 5. The van der Waals surface area contributed by atoms with Crippen LogP contribution in [0.5, 0.6) is 0 Å². The third-order valence-electron chi connectivity index (χ3n) is 2.81. The minimum atomic E-state index is -0.273. The van der Waals surface area contributed by atoms with Gasteiger partial charge in [0, 0.05) is 6.54 Å². The molecule has 1 N–H and O–H groups in total. The molecule has 1 unspecified atom stereocenters. The Balaban J connectivity index is 2.50. The zero-order valence-corrected chi connectivity index (χ0v) is 11.0. The quantitative estimate of drug-likeness (QED) is 0.797. The Morgan fingerprint density at radius 3 is 2.29 bits per heavy atom. The first-order valence-corrected chi connectivity index (χ1v) is 5.94. The van der Waals surface area contributed by atoms with E-state index in [1.807, 2.05) is 0 Å². The van der Waals surface area contributed by atoms with Crippen LogP contribution in [0.2, 0.25) is 0 Å². The van der Waals surface area contributed by atoms with Gasteiger partial charge in [-0.3, -0.25) is 4.79 Å². The van der Waals surface area contributed by atoms with Gasteiger partial charge in [-0.25, -0.2) is 0 Å². The second kappa shape index (κ2) is 6.40. The maximum absolute atomic E-state index is 11.2. The average Bonchev–Trinajstić information content (AvgIpc) is 2.35. The molecule has 1 atom stereocenters. The van der Waals surface area contributed by atoms with Crippen molar-refractivity contribution in [3.63, 3.8) is 0 Å². The van der Waals surface area contributed by atoms with Gasteiger partial charge in [-0.15, -0.1) is 0 Å². The highest BCUT2D eigenvalue weighted by Crippen LogP contribution is 2.14. The topological polar surface area (TPSA) is 38.3 Å². The van der Waals surface area contributed by atoms with Crippen LogP contribution in [-0.4, -0.2) is 19.1 Å². The van der Waals surface area contributed by atoms with Crippen molar-refractivity contribution in [3.8, 4) is 0 Å². The van der Waals surface area contributed by atoms with Crippen molar-refractivity contribution >= 4 is 5.97 Å². The number of nitrogens with one attached hydrogen (secondary N) is 1. The summed E-state index contributed by atoms with van der Waals surface area (Å²) in [5.74, 6) is 0.315. The summed E-state index contributed by atoms with van der Waals surface area (Å²) in [4.78, 5) is 11.2. The van der Waals surface area contributed by atoms with Gasteiger partial charge < -0.3 is 10.1 Å². The third kappa shape index (κ3) is 4.19. The summed E-state index contributed by atoms with van der Waals surface area (Å²) in [5, 5.41) is 3.12. The Morgan fingerprint density at radius 2 is 1.82 bits per heavy atom. The molecule has 0 amide bonds. The van der Waals surface area contributed by atoms with Gasteiger partial charge in [0.15, 0.2) is 0 Å². The molecule has 0 radical (unpaired) electrons. The van der Waals surface area contributed by atoms with Crippen LogP contribution < -0.4 is 5.32 Å². The minimum Gasteiger partial charge on any atom is -0.468 e. The molecule has 1 aromatic rings. The van der Waals surface area contributed by atoms with Gasteiger partial charge in [-0.2, -0.15) is 0 Å². The first-order valence-electron chi connectivity index (χ1n) is 5.94. The van der Waals surface area contributed by atoms with Crippen molar-refractivity contribution in [1.29, 1.82) is 0 Å². The number of esters is 1. The van der Waals surface area contributed by atoms with Gasteiger partial charge >= 0.3 is 5.97 Å². The first kappa shape index (κ1) is 13.7. The van der Waals surface area contributed by atoms with Crippen molar-refractivity contribution in [2.45, 2.75) is 39.3 Å². The van der Waals surface area contributed by atoms with Crippen molar-refractivity contribution in [3.05, 3.63) is 35.4 Å². The lowest BCUT2D eigenvalue weighted by Gasteiger charge is -2.12. The number of carbonyl (C=O) groups excluding carboxylic acids is 1. The van der Waals surface area contributed by atoms with E-state index < -0.39 is 0 Å². The van der Waals surface area contributed by atoms with E-state index in [4.69, 9.17) is 0 Å². The molecule has 0 aliphatic carbocycles.